The highest BCUT2D eigenvalue weighted by molar-refractivity contribution is 7.89. The average molecular weight is 350 g/mol. The van der Waals surface area contributed by atoms with Gasteiger partial charge in [-0.1, -0.05) is 12.1 Å². The summed E-state index contributed by atoms with van der Waals surface area (Å²) < 4.78 is 32.7. The Bertz CT molecular complexity index is 832. The van der Waals surface area contributed by atoms with Gasteiger partial charge in [0.25, 0.3) is 5.91 Å². The van der Waals surface area contributed by atoms with E-state index >= 15 is 0 Å². The highest BCUT2D eigenvalue weighted by atomic mass is 32.2. The molecule has 0 aliphatic carbocycles. The third kappa shape index (κ3) is 4.24. The number of primary sulfonamides is 1. The Morgan fingerprint density at radius 1 is 1.04 bits per heavy atom. The Morgan fingerprint density at radius 2 is 1.67 bits per heavy atom. The number of carbonyl (C=O) groups is 1. The molecular formula is C16H18N2O5S. The summed E-state index contributed by atoms with van der Waals surface area (Å²) >= 11 is 0. The van der Waals surface area contributed by atoms with Crippen LogP contribution in [0.3, 0.4) is 0 Å². The first kappa shape index (κ1) is 17.8. The molecule has 128 valence electrons. The van der Waals surface area contributed by atoms with Crippen LogP contribution in [0.2, 0.25) is 0 Å². The molecule has 0 aliphatic rings. The lowest BCUT2D eigenvalue weighted by Crippen LogP contribution is -2.22. The van der Waals surface area contributed by atoms with Crippen LogP contribution in [0.25, 0.3) is 0 Å². The lowest BCUT2D eigenvalue weighted by atomic mass is 10.1. The van der Waals surface area contributed by atoms with E-state index in [1.54, 1.807) is 30.3 Å². The van der Waals surface area contributed by atoms with E-state index in [0.717, 1.165) is 5.56 Å². The molecule has 3 N–H and O–H groups in total. The summed E-state index contributed by atoms with van der Waals surface area (Å²) in [6, 6.07) is 10.8. The number of rotatable bonds is 6. The van der Waals surface area contributed by atoms with E-state index < -0.39 is 10.0 Å². The van der Waals surface area contributed by atoms with Crippen molar-refractivity contribution in [1.29, 1.82) is 0 Å². The summed E-state index contributed by atoms with van der Waals surface area (Å²) in [5.41, 5.74) is 1.17. The van der Waals surface area contributed by atoms with E-state index in [4.69, 9.17) is 14.6 Å². The second-order valence-corrected chi connectivity index (χ2v) is 6.50. The van der Waals surface area contributed by atoms with Gasteiger partial charge in [0.05, 0.1) is 19.1 Å². The first-order valence-electron chi connectivity index (χ1n) is 6.97. The highest BCUT2D eigenvalue weighted by Crippen LogP contribution is 2.27. The van der Waals surface area contributed by atoms with Crippen LogP contribution in [0.1, 0.15) is 15.9 Å². The van der Waals surface area contributed by atoms with Crippen LogP contribution < -0.4 is 19.9 Å². The van der Waals surface area contributed by atoms with Crippen LogP contribution in [0.4, 0.5) is 0 Å². The minimum absolute atomic E-state index is 0.0254. The molecule has 0 saturated heterocycles. The van der Waals surface area contributed by atoms with E-state index in [1.165, 1.54) is 26.4 Å². The predicted molar refractivity (Wildman–Crippen MR) is 88.5 cm³/mol. The van der Waals surface area contributed by atoms with Crippen molar-refractivity contribution in [3.63, 3.8) is 0 Å². The zero-order valence-electron chi connectivity index (χ0n) is 13.3. The first-order valence-corrected chi connectivity index (χ1v) is 8.51. The molecule has 2 rings (SSSR count). The third-order valence-corrected chi connectivity index (χ3v) is 4.28. The van der Waals surface area contributed by atoms with Crippen molar-refractivity contribution in [3.8, 4) is 11.5 Å². The molecule has 0 aromatic heterocycles. The second kappa shape index (κ2) is 7.33. The van der Waals surface area contributed by atoms with Crippen molar-refractivity contribution in [2.45, 2.75) is 11.4 Å². The molecule has 0 bridgehead atoms. The zero-order chi connectivity index (χ0) is 17.7. The van der Waals surface area contributed by atoms with Crippen molar-refractivity contribution < 1.29 is 22.7 Å². The SMILES string of the molecule is COc1ccc(C(=O)NCc2ccc(S(N)(=O)=O)cc2)cc1OC. The van der Waals surface area contributed by atoms with Crippen LogP contribution in [-0.4, -0.2) is 28.5 Å². The number of hydrogen-bond donors (Lipinski definition) is 2. The Morgan fingerprint density at radius 3 is 2.21 bits per heavy atom. The summed E-state index contributed by atoms with van der Waals surface area (Å²) in [4.78, 5) is 12.2. The van der Waals surface area contributed by atoms with Gasteiger partial charge in [0.1, 0.15) is 0 Å². The third-order valence-electron chi connectivity index (χ3n) is 3.35. The molecular weight excluding hydrogens is 332 g/mol. The van der Waals surface area contributed by atoms with E-state index in [2.05, 4.69) is 5.32 Å². The Labute approximate surface area is 140 Å². The number of methoxy groups -OCH3 is 2. The van der Waals surface area contributed by atoms with E-state index in [1.807, 2.05) is 0 Å². The number of sulfonamides is 1. The largest absolute Gasteiger partial charge is 0.493 e. The number of benzene rings is 2. The fourth-order valence-electron chi connectivity index (χ4n) is 2.06. The molecule has 0 spiro atoms. The average Bonchev–Trinajstić information content (AvgIpc) is 2.58. The summed E-state index contributed by atoms with van der Waals surface area (Å²) in [6.07, 6.45) is 0. The molecule has 0 unspecified atom stereocenters. The Kier molecular flexibility index (Phi) is 5.42. The van der Waals surface area contributed by atoms with E-state index in [0.29, 0.717) is 17.1 Å². The number of ether oxygens (including phenoxy) is 2. The van der Waals surface area contributed by atoms with Crippen LogP contribution >= 0.6 is 0 Å². The molecule has 24 heavy (non-hydrogen) atoms. The van der Waals surface area contributed by atoms with Gasteiger partial charge in [0.15, 0.2) is 11.5 Å². The molecule has 7 nitrogen and oxygen atoms in total. The molecule has 0 heterocycles. The van der Waals surface area contributed by atoms with Gasteiger partial charge in [-0.05, 0) is 35.9 Å². The molecule has 2 aromatic rings. The van der Waals surface area contributed by atoms with Crippen LogP contribution in [0.5, 0.6) is 11.5 Å². The quantitative estimate of drug-likeness (QED) is 0.816. The van der Waals surface area contributed by atoms with Gasteiger partial charge < -0.3 is 14.8 Å². The number of nitrogens with two attached hydrogens (primary N) is 1. The van der Waals surface area contributed by atoms with Gasteiger partial charge in [-0.3, -0.25) is 4.79 Å². The molecule has 2 aromatic carbocycles. The molecule has 0 radical (unpaired) electrons. The molecule has 0 atom stereocenters. The zero-order valence-corrected chi connectivity index (χ0v) is 14.1. The standard InChI is InChI=1S/C16H18N2O5S/c1-22-14-8-5-12(9-15(14)23-2)16(19)18-10-11-3-6-13(7-4-11)24(17,20)21/h3-9H,10H2,1-2H3,(H,18,19)(H2,17,20,21). The van der Waals surface area contributed by atoms with Crippen LogP contribution in [0, 0.1) is 0 Å². The fraction of sp³-hybridized carbons (Fsp3) is 0.188. The van der Waals surface area contributed by atoms with Gasteiger partial charge in [0.2, 0.25) is 10.0 Å². The Balaban J connectivity index is 2.05. The maximum atomic E-state index is 12.2. The highest BCUT2D eigenvalue weighted by Gasteiger charge is 2.11. The summed E-state index contributed by atoms with van der Waals surface area (Å²) in [5, 5.41) is 7.78. The van der Waals surface area contributed by atoms with Crippen molar-refractivity contribution in [1.82, 2.24) is 5.32 Å². The van der Waals surface area contributed by atoms with Crippen LogP contribution in [0.15, 0.2) is 47.4 Å². The lowest BCUT2D eigenvalue weighted by Gasteiger charge is -2.10. The molecule has 0 aliphatic heterocycles. The minimum Gasteiger partial charge on any atom is -0.493 e. The van der Waals surface area contributed by atoms with Crippen molar-refractivity contribution in [2.75, 3.05) is 14.2 Å². The monoisotopic (exact) mass is 350 g/mol. The molecule has 0 saturated carbocycles. The topological polar surface area (TPSA) is 108 Å². The van der Waals surface area contributed by atoms with Gasteiger partial charge in [-0.25, -0.2) is 13.6 Å². The van der Waals surface area contributed by atoms with Gasteiger partial charge >= 0.3 is 0 Å². The predicted octanol–water partition coefficient (Wildman–Crippen LogP) is 1.28. The molecule has 0 fully saturated rings. The number of amides is 1. The number of hydrogen-bond acceptors (Lipinski definition) is 5. The number of nitrogens with one attached hydrogen (secondary N) is 1. The first-order chi connectivity index (χ1) is 11.3. The van der Waals surface area contributed by atoms with E-state index in [-0.39, 0.29) is 17.3 Å². The fourth-order valence-corrected chi connectivity index (χ4v) is 2.57. The maximum Gasteiger partial charge on any atom is 0.251 e. The lowest BCUT2D eigenvalue weighted by molar-refractivity contribution is 0.0950. The summed E-state index contributed by atoms with van der Waals surface area (Å²) in [7, 11) is -0.712. The summed E-state index contributed by atoms with van der Waals surface area (Å²) in [5.74, 6) is 0.710. The second-order valence-electron chi connectivity index (χ2n) is 4.94. The summed E-state index contributed by atoms with van der Waals surface area (Å²) in [6.45, 7) is 0.248. The number of carbonyl (C=O) groups excluding carboxylic acids is 1. The van der Waals surface area contributed by atoms with Crippen molar-refractivity contribution in [3.05, 3.63) is 53.6 Å². The van der Waals surface area contributed by atoms with Gasteiger partial charge in [0, 0.05) is 12.1 Å². The van der Waals surface area contributed by atoms with E-state index in [9.17, 15) is 13.2 Å². The minimum atomic E-state index is -3.72. The Hall–Kier alpha value is -2.58. The van der Waals surface area contributed by atoms with Crippen molar-refractivity contribution >= 4 is 15.9 Å². The maximum absolute atomic E-state index is 12.2. The van der Waals surface area contributed by atoms with Crippen molar-refractivity contribution in [2.24, 2.45) is 5.14 Å². The van der Waals surface area contributed by atoms with Gasteiger partial charge in [-0.15, -0.1) is 0 Å². The normalized spacial score (nSPS) is 11.0. The van der Waals surface area contributed by atoms with Crippen LogP contribution in [-0.2, 0) is 16.6 Å². The van der Waals surface area contributed by atoms with Gasteiger partial charge in [-0.2, -0.15) is 0 Å². The molecule has 1 amide bonds. The smallest absolute Gasteiger partial charge is 0.251 e. The molecule has 8 heteroatoms.